The molecule has 2 aromatic carbocycles. The molecule has 24 heavy (non-hydrogen) atoms. The third kappa shape index (κ3) is 5.66. The van der Waals surface area contributed by atoms with Crippen LogP contribution in [0.15, 0.2) is 42.5 Å². The number of anilines is 1. The number of carbonyl (C=O) groups excluding carboxylic acids is 2. The standard InChI is InChI=1S/C19H24N2O3/c1-2-3-12-24-13-6-11-20-18(22)19(23)21-17-10-9-15-7-4-5-8-16(15)14-17/h4-5,7-10,14H,2-3,6,11-13H2,1H3,(H,20,22)(H,21,23). The van der Waals surface area contributed by atoms with E-state index in [0.717, 1.165) is 30.2 Å². The van der Waals surface area contributed by atoms with E-state index in [2.05, 4.69) is 17.6 Å². The molecule has 0 spiro atoms. The molecule has 0 aromatic heterocycles. The molecule has 2 aromatic rings. The monoisotopic (exact) mass is 328 g/mol. The van der Waals surface area contributed by atoms with Gasteiger partial charge in [-0.25, -0.2) is 0 Å². The second-order valence-corrected chi connectivity index (χ2v) is 5.59. The van der Waals surface area contributed by atoms with Crippen molar-refractivity contribution < 1.29 is 14.3 Å². The number of hydrogen-bond donors (Lipinski definition) is 2. The number of benzene rings is 2. The maximum Gasteiger partial charge on any atom is 0.313 e. The van der Waals surface area contributed by atoms with Crippen LogP contribution in [0.4, 0.5) is 5.69 Å². The summed E-state index contributed by atoms with van der Waals surface area (Å²) in [5.74, 6) is -1.28. The lowest BCUT2D eigenvalue weighted by Crippen LogP contribution is -2.36. The van der Waals surface area contributed by atoms with Gasteiger partial charge in [-0.05, 0) is 35.7 Å². The highest BCUT2D eigenvalue weighted by Gasteiger charge is 2.13. The van der Waals surface area contributed by atoms with E-state index >= 15 is 0 Å². The van der Waals surface area contributed by atoms with Crippen LogP contribution in [-0.2, 0) is 14.3 Å². The van der Waals surface area contributed by atoms with E-state index in [9.17, 15) is 9.59 Å². The summed E-state index contributed by atoms with van der Waals surface area (Å²) in [6.45, 7) is 3.87. The van der Waals surface area contributed by atoms with Gasteiger partial charge < -0.3 is 15.4 Å². The average molecular weight is 328 g/mol. The van der Waals surface area contributed by atoms with Crippen molar-refractivity contribution in [3.8, 4) is 0 Å². The molecule has 0 atom stereocenters. The second-order valence-electron chi connectivity index (χ2n) is 5.59. The molecule has 128 valence electrons. The normalized spacial score (nSPS) is 10.5. The number of rotatable bonds is 8. The topological polar surface area (TPSA) is 67.4 Å². The molecule has 0 heterocycles. The molecule has 0 aliphatic carbocycles. The summed E-state index contributed by atoms with van der Waals surface area (Å²) in [7, 11) is 0. The van der Waals surface area contributed by atoms with Crippen molar-refractivity contribution in [2.24, 2.45) is 0 Å². The fraction of sp³-hybridized carbons (Fsp3) is 0.368. The van der Waals surface area contributed by atoms with Crippen molar-refractivity contribution in [3.63, 3.8) is 0 Å². The number of ether oxygens (including phenoxy) is 1. The van der Waals surface area contributed by atoms with Crippen LogP contribution >= 0.6 is 0 Å². The molecule has 2 N–H and O–H groups in total. The van der Waals surface area contributed by atoms with E-state index in [1.807, 2.05) is 36.4 Å². The quantitative estimate of drug-likeness (QED) is 0.578. The Balaban J connectivity index is 1.73. The number of amides is 2. The van der Waals surface area contributed by atoms with Crippen LogP contribution in [0, 0.1) is 0 Å². The van der Waals surface area contributed by atoms with Crippen LogP contribution < -0.4 is 10.6 Å². The zero-order chi connectivity index (χ0) is 17.2. The number of unbranched alkanes of at least 4 members (excludes halogenated alkanes) is 1. The Kier molecular flexibility index (Phi) is 7.23. The van der Waals surface area contributed by atoms with Gasteiger partial charge in [-0.1, -0.05) is 43.7 Å². The summed E-state index contributed by atoms with van der Waals surface area (Å²) in [4.78, 5) is 23.7. The van der Waals surface area contributed by atoms with Crippen molar-refractivity contribution in [1.29, 1.82) is 0 Å². The fourth-order valence-corrected chi connectivity index (χ4v) is 2.26. The first-order valence-electron chi connectivity index (χ1n) is 8.36. The minimum atomic E-state index is -0.655. The maximum atomic E-state index is 11.9. The van der Waals surface area contributed by atoms with Gasteiger partial charge in [-0.15, -0.1) is 0 Å². The number of carbonyl (C=O) groups is 2. The lowest BCUT2D eigenvalue weighted by molar-refractivity contribution is -0.136. The Morgan fingerprint density at radius 1 is 0.958 bits per heavy atom. The van der Waals surface area contributed by atoms with E-state index in [1.165, 1.54) is 0 Å². The molecule has 2 amide bonds. The molecule has 5 nitrogen and oxygen atoms in total. The third-order valence-electron chi connectivity index (χ3n) is 3.61. The van der Waals surface area contributed by atoms with Gasteiger partial charge in [-0.3, -0.25) is 9.59 Å². The van der Waals surface area contributed by atoms with Crippen molar-refractivity contribution in [1.82, 2.24) is 5.32 Å². The summed E-state index contributed by atoms with van der Waals surface area (Å²) in [5, 5.41) is 7.32. The van der Waals surface area contributed by atoms with Gasteiger partial charge in [0.2, 0.25) is 0 Å². The molecule has 0 fully saturated rings. The Hall–Kier alpha value is -2.40. The van der Waals surface area contributed by atoms with E-state index in [1.54, 1.807) is 6.07 Å². The minimum Gasteiger partial charge on any atom is -0.381 e. The summed E-state index contributed by atoms with van der Waals surface area (Å²) in [6.07, 6.45) is 2.84. The largest absolute Gasteiger partial charge is 0.381 e. The van der Waals surface area contributed by atoms with Crippen LogP contribution in [0.1, 0.15) is 26.2 Å². The summed E-state index contributed by atoms with van der Waals surface area (Å²) >= 11 is 0. The molecule has 5 heteroatoms. The van der Waals surface area contributed by atoms with Crippen LogP contribution in [-0.4, -0.2) is 31.6 Å². The Morgan fingerprint density at radius 3 is 2.50 bits per heavy atom. The van der Waals surface area contributed by atoms with E-state index in [0.29, 0.717) is 25.3 Å². The van der Waals surface area contributed by atoms with E-state index < -0.39 is 11.8 Å². The van der Waals surface area contributed by atoms with Crippen molar-refractivity contribution in [3.05, 3.63) is 42.5 Å². The number of nitrogens with one attached hydrogen (secondary N) is 2. The summed E-state index contributed by atoms with van der Waals surface area (Å²) in [6, 6.07) is 13.4. The molecule has 0 aliphatic heterocycles. The van der Waals surface area contributed by atoms with Crippen LogP contribution in [0.25, 0.3) is 10.8 Å². The van der Waals surface area contributed by atoms with Crippen molar-refractivity contribution >= 4 is 28.3 Å². The maximum absolute atomic E-state index is 11.9. The SMILES string of the molecule is CCCCOCCCNC(=O)C(=O)Nc1ccc2ccccc2c1. The van der Waals surface area contributed by atoms with Gasteiger partial charge in [0.05, 0.1) is 0 Å². The Morgan fingerprint density at radius 2 is 1.71 bits per heavy atom. The number of fused-ring (bicyclic) bond motifs is 1. The van der Waals surface area contributed by atoms with Crippen LogP contribution in [0.3, 0.4) is 0 Å². The zero-order valence-electron chi connectivity index (χ0n) is 14.0. The lowest BCUT2D eigenvalue weighted by Gasteiger charge is -2.08. The number of hydrogen-bond acceptors (Lipinski definition) is 3. The van der Waals surface area contributed by atoms with Gasteiger partial charge in [0.1, 0.15) is 0 Å². The average Bonchev–Trinajstić information content (AvgIpc) is 2.60. The predicted octanol–water partition coefficient (Wildman–Crippen LogP) is 3.10. The molecule has 0 unspecified atom stereocenters. The molecule has 0 saturated carbocycles. The predicted molar refractivity (Wildman–Crippen MR) is 95.9 cm³/mol. The van der Waals surface area contributed by atoms with Gasteiger partial charge in [-0.2, -0.15) is 0 Å². The van der Waals surface area contributed by atoms with Gasteiger partial charge in [0.25, 0.3) is 0 Å². The highest BCUT2D eigenvalue weighted by Crippen LogP contribution is 2.18. The lowest BCUT2D eigenvalue weighted by atomic mass is 10.1. The van der Waals surface area contributed by atoms with Crippen molar-refractivity contribution in [2.45, 2.75) is 26.2 Å². The minimum absolute atomic E-state index is 0.427. The second kappa shape index (κ2) is 9.67. The first-order valence-corrected chi connectivity index (χ1v) is 8.36. The van der Waals surface area contributed by atoms with Gasteiger partial charge >= 0.3 is 11.8 Å². The molecule has 0 aliphatic rings. The first kappa shape index (κ1) is 17.9. The zero-order valence-corrected chi connectivity index (χ0v) is 14.0. The molecule has 2 rings (SSSR count). The summed E-state index contributed by atoms with van der Waals surface area (Å²) in [5.41, 5.74) is 0.608. The summed E-state index contributed by atoms with van der Waals surface area (Å²) < 4.78 is 5.40. The Labute approximate surface area is 142 Å². The van der Waals surface area contributed by atoms with Gasteiger partial charge in [0, 0.05) is 25.4 Å². The van der Waals surface area contributed by atoms with Gasteiger partial charge in [0.15, 0.2) is 0 Å². The molecule has 0 saturated heterocycles. The van der Waals surface area contributed by atoms with Crippen LogP contribution in [0.5, 0.6) is 0 Å². The van der Waals surface area contributed by atoms with E-state index in [4.69, 9.17) is 4.74 Å². The third-order valence-corrected chi connectivity index (χ3v) is 3.61. The molecule has 0 bridgehead atoms. The van der Waals surface area contributed by atoms with E-state index in [-0.39, 0.29) is 0 Å². The molecular weight excluding hydrogens is 304 g/mol. The van der Waals surface area contributed by atoms with Crippen LogP contribution in [0.2, 0.25) is 0 Å². The fourth-order valence-electron chi connectivity index (χ4n) is 2.26. The Bertz CT molecular complexity index is 685. The smallest absolute Gasteiger partial charge is 0.313 e. The molecule has 0 radical (unpaired) electrons. The highest BCUT2D eigenvalue weighted by molar-refractivity contribution is 6.39. The first-order chi connectivity index (χ1) is 11.7. The molecular formula is C19H24N2O3. The van der Waals surface area contributed by atoms with Crippen molar-refractivity contribution in [2.75, 3.05) is 25.1 Å². The highest BCUT2D eigenvalue weighted by atomic mass is 16.5.